The van der Waals surface area contributed by atoms with Crippen LogP contribution in [-0.2, 0) is 16.6 Å². The lowest BCUT2D eigenvalue weighted by Gasteiger charge is -2.08. The van der Waals surface area contributed by atoms with Gasteiger partial charge in [-0.15, -0.1) is 0 Å². The van der Waals surface area contributed by atoms with Gasteiger partial charge < -0.3 is 10.5 Å². The maximum atomic E-state index is 12.3. The Morgan fingerprint density at radius 1 is 1.16 bits per heavy atom. The van der Waals surface area contributed by atoms with Crippen LogP contribution < -0.4 is 10.5 Å². The molecule has 0 saturated heterocycles. The summed E-state index contributed by atoms with van der Waals surface area (Å²) in [6, 6.07) is 13.0. The number of anilines is 1. The van der Waals surface area contributed by atoms with E-state index in [-0.39, 0.29) is 0 Å². The molecule has 0 saturated carbocycles. The fraction of sp³-hybridized carbons (Fsp3) is 0.200. The standard InChI is InChI=1S/C15H17NO2S/c1-11-12(4-3-5-15(11)16)10-19(17)14-8-6-13(18-2)7-9-14/h3-9H,10,16H2,1-2H3. The first-order valence-electron chi connectivity index (χ1n) is 5.98. The predicted molar refractivity (Wildman–Crippen MR) is 78.7 cm³/mol. The van der Waals surface area contributed by atoms with Gasteiger partial charge in [0.2, 0.25) is 0 Å². The van der Waals surface area contributed by atoms with E-state index < -0.39 is 10.8 Å². The summed E-state index contributed by atoms with van der Waals surface area (Å²) in [6.45, 7) is 1.95. The first kappa shape index (κ1) is 13.6. The molecule has 0 heterocycles. The molecule has 2 aromatic rings. The highest BCUT2D eigenvalue weighted by molar-refractivity contribution is 7.84. The summed E-state index contributed by atoms with van der Waals surface area (Å²) in [6.07, 6.45) is 0. The van der Waals surface area contributed by atoms with Crippen molar-refractivity contribution in [1.29, 1.82) is 0 Å². The molecule has 0 aliphatic carbocycles. The summed E-state index contributed by atoms with van der Waals surface area (Å²) in [7, 11) is 0.539. The first-order chi connectivity index (χ1) is 9.11. The summed E-state index contributed by atoms with van der Waals surface area (Å²) in [5.74, 6) is 1.24. The quantitative estimate of drug-likeness (QED) is 0.873. The van der Waals surface area contributed by atoms with Crippen molar-refractivity contribution in [3.05, 3.63) is 53.6 Å². The van der Waals surface area contributed by atoms with E-state index in [1.165, 1.54) is 0 Å². The van der Waals surface area contributed by atoms with Gasteiger partial charge >= 0.3 is 0 Å². The Bertz CT molecular complexity index is 594. The molecule has 0 aliphatic heterocycles. The molecular formula is C15H17NO2S. The second-order valence-corrected chi connectivity index (χ2v) is 5.75. The van der Waals surface area contributed by atoms with Crippen LogP contribution in [0.15, 0.2) is 47.4 Å². The molecule has 4 heteroatoms. The van der Waals surface area contributed by atoms with Crippen LogP contribution in [-0.4, -0.2) is 11.3 Å². The molecule has 2 rings (SSSR count). The average molecular weight is 275 g/mol. The van der Waals surface area contributed by atoms with E-state index >= 15 is 0 Å². The van der Waals surface area contributed by atoms with Crippen molar-refractivity contribution >= 4 is 16.5 Å². The molecule has 0 fully saturated rings. The number of nitrogen functional groups attached to an aromatic ring is 1. The molecule has 19 heavy (non-hydrogen) atoms. The second-order valence-electron chi connectivity index (χ2n) is 4.30. The molecule has 1 atom stereocenters. The highest BCUT2D eigenvalue weighted by atomic mass is 32.2. The molecule has 3 nitrogen and oxygen atoms in total. The van der Waals surface area contributed by atoms with Crippen molar-refractivity contribution < 1.29 is 8.95 Å². The molecule has 2 aromatic carbocycles. The smallest absolute Gasteiger partial charge is 0.118 e. The van der Waals surface area contributed by atoms with E-state index in [2.05, 4.69) is 0 Å². The van der Waals surface area contributed by atoms with Crippen LogP contribution in [0.3, 0.4) is 0 Å². The fourth-order valence-corrected chi connectivity index (χ4v) is 3.01. The average Bonchev–Trinajstić information content (AvgIpc) is 2.44. The number of nitrogens with two attached hydrogens (primary N) is 1. The van der Waals surface area contributed by atoms with Crippen LogP contribution in [0.25, 0.3) is 0 Å². The van der Waals surface area contributed by atoms with Gasteiger partial charge in [0.15, 0.2) is 0 Å². The zero-order valence-electron chi connectivity index (χ0n) is 11.1. The Labute approximate surface area is 115 Å². The van der Waals surface area contributed by atoms with E-state index in [9.17, 15) is 4.21 Å². The van der Waals surface area contributed by atoms with Gasteiger partial charge in [0.1, 0.15) is 5.75 Å². The third-order valence-corrected chi connectivity index (χ3v) is 4.47. The van der Waals surface area contributed by atoms with Gasteiger partial charge in [-0.2, -0.15) is 0 Å². The Hall–Kier alpha value is -1.81. The normalized spacial score (nSPS) is 12.1. The zero-order valence-corrected chi connectivity index (χ0v) is 11.9. The van der Waals surface area contributed by atoms with Gasteiger partial charge in [-0.05, 0) is 48.4 Å². The Balaban J connectivity index is 2.18. The summed E-state index contributed by atoms with van der Waals surface area (Å²) < 4.78 is 17.4. The Morgan fingerprint density at radius 2 is 1.84 bits per heavy atom. The topological polar surface area (TPSA) is 52.3 Å². The van der Waals surface area contributed by atoms with Gasteiger partial charge in [-0.1, -0.05) is 12.1 Å². The Morgan fingerprint density at radius 3 is 2.47 bits per heavy atom. The maximum Gasteiger partial charge on any atom is 0.118 e. The van der Waals surface area contributed by atoms with Crippen molar-refractivity contribution in [2.45, 2.75) is 17.6 Å². The monoisotopic (exact) mass is 275 g/mol. The number of ether oxygens (including phenoxy) is 1. The summed E-state index contributed by atoms with van der Waals surface area (Å²) in [4.78, 5) is 0.794. The van der Waals surface area contributed by atoms with Crippen molar-refractivity contribution in [2.75, 3.05) is 12.8 Å². The largest absolute Gasteiger partial charge is 0.497 e. The minimum Gasteiger partial charge on any atom is -0.497 e. The third-order valence-electron chi connectivity index (χ3n) is 3.10. The first-order valence-corrected chi connectivity index (χ1v) is 7.30. The second kappa shape index (κ2) is 5.89. The van der Waals surface area contributed by atoms with E-state index in [0.29, 0.717) is 5.75 Å². The summed E-state index contributed by atoms with van der Waals surface area (Å²) in [5.41, 5.74) is 8.62. The van der Waals surface area contributed by atoms with Crippen molar-refractivity contribution in [2.24, 2.45) is 0 Å². The lowest BCUT2D eigenvalue weighted by Crippen LogP contribution is -2.01. The van der Waals surface area contributed by atoms with Crippen LogP contribution in [0.1, 0.15) is 11.1 Å². The van der Waals surface area contributed by atoms with Gasteiger partial charge in [0.05, 0.1) is 23.7 Å². The number of methoxy groups -OCH3 is 1. The minimum atomic E-state index is -1.07. The van der Waals surface area contributed by atoms with E-state index in [1.807, 2.05) is 49.4 Å². The van der Waals surface area contributed by atoms with Crippen LogP contribution in [0.4, 0.5) is 5.69 Å². The highest BCUT2D eigenvalue weighted by Gasteiger charge is 2.08. The number of benzene rings is 2. The lowest BCUT2D eigenvalue weighted by atomic mass is 10.1. The lowest BCUT2D eigenvalue weighted by molar-refractivity contribution is 0.414. The van der Waals surface area contributed by atoms with E-state index in [0.717, 1.165) is 27.5 Å². The highest BCUT2D eigenvalue weighted by Crippen LogP contribution is 2.21. The molecule has 0 radical (unpaired) electrons. The number of hydrogen-bond donors (Lipinski definition) is 1. The summed E-state index contributed by atoms with van der Waals surface area (Å²) in [5, 5.41) is 0. The summed E-state index contributed by atoms with van der Waals surface area (Å²) >= 11 is 0. The van der Waals surface area contributed by atoms with Crippen LogP contribution in [0.2, 0.25) is 0 Å². The van der Waals surface area contributed by atoms with Gasteiger partial charge in [-0.3, -0.25) is 4.21 Å². The number of rotatable bonds is 4. The molecular weight excluding hydrogens is 258 g/mol. The maximum absolute atomic E-state index is 12.3. The van der Waals surface area contributed by atoms with Crippen LogP contribution in [0, 0.1) is 6.92 Å². The molecule has 2 N–H and O–H groups in total. The molecule has 100 valence electrons. The van der Waals surface area contributed by atoms with Crippen LogP contribution in [0.5, 0.6) is 5.75 Å². The van der Waals surface area contributed by atoms with E-state index in [1.54, 1.807) is 7.11 Å². The SMILES string of the molecule is COc1ccc(S(=O)Cc2cccc(N)c2C)cc1. The van der Waals surface area contributed by atoms with Gasteiger partial charge in [0.25, 0.3) is 0 Å². The van der Waals surface area contributed by atoms with Crippen LogP contribution >= 0.6 is 0 Å². The Kier molecular flexibility index (Phi) is 4.22. The minimum absolute atomic E-state index is 0.475. The molecule has 0 aromatic heterocycles. The predicted octanol–water partition coefficient (Wildman–Crippen LogP) is 2.89. The van der Waals surface area contributed by atoms with Crippen molar-refractivity contribution in [1.82, 2.24) is 0 Å². The van der Waals surface area contributed by atoms with Gasteiger partial charge in [-0.25, -0.2) is 0 Å². The fourth-order valence-electron chi connectivity index (χ4n) is 1.81. The van der Waals surface area contributed by atoms with E-state index in [4.69, 9.17) is 10.5 Å². The molecule has 0 bridgehead atoms. The van der Waals surface area contributed by atoms with Crippen molar-refractivity contribution in [3.8, 4) is 5.75 Å². The number of hydrogen-bond acceptors (Lipinski definition) is 3. The zero-order chi connectivity index (χ0) is 13.8. The molecule has 0 aliphatic rings. The molecule has 0 spiro atoms. The third kappa shape index (κ3) is 3.15. The van der Waals surface area contributed by atoms with Gasteiger partial charge in [0, 0.05) is 10.6 Å². The molecule has 1 unspecified atom stereocenters. The van der Waals surface area contributed by atoms with Crippen molar-refractivity contribution in [3.63, 3.8) is 0 Å². The molecule has 0 amide bonds.